The molecule has 2 amide bonds. The van der Waals surface area contributed by atoms with Crippen molar-refractivity contribution in [3.8, 4) is 0 Å². The normalized spacial score (nSPS) is 24.6. The number of benzene rings is 1. The van der Waals surface area contributed by atoms with E-state index in [0.717, 1.165) is 64.6 Å². The van der Waals surface area contributed by atoms with Crippen LogP contribution in [0, 0.1) is 24.2 Å². The van der Waals surface area contributed by atoms with E-state index in [4.69, 9.17) is 4.74 Å². The van der Waals surface area contributed by atoms with E-state index in [0.29, 0.717) is 31.5 Å². The Labute approximate surface area is 225 Å². The van der Waals surface area contributed by atoms with Gasteiger partial charge in [-0.2, -0.15) is 0 Å². The van der Waals surface area contributed by atoms with Gasteiger partial charge in [0, 0.05) is 13.2 Å². The SMILES string of the molecule is Cc1ccc(CN2CCC3(CCCCCOC[C@H](CC(C)C)NC(=O)[C@H](CC(C)C)NC3=O)CC2)cc1. The van der Waals surface area contributed by atoms with Gasteiger partial charge in [-0.25, -0.2) is 0 Å². The zero-order chi connectivity index (χ0) is 26.8. The Kier molecular flexibility index (Phi) is 11.4. The summed E-state index contributed by atoms with van der Waals surface area (Å²) in [5.41, 5.74) is 2.20. The minimum atomic E-state index is -0.507. The van der Waals surface area contributed by atoms with E-state index in [1.807, 2.05) is 0 Å². The highest BCUT2D eigenvalue weighted by Gasteiger charge is 2.42. The van der Waals surface area contributed by atoms with Gasteiger partial charge in [-0.1, -0.05) is 70.4 Å². The van der Waals surface area contributed by atoms with Crippen LogP contribution >= 0.6 is 0 Å². The maximum Gasteiger partial charge on any atom is 0.242 e. The molecule has 0 radical (unpaired) electrons. The fraction of sp³-hybridized carbons (Fsp3) is 0.742. The lowest BCUT2D eigenvalue weighted by Crippen LogP contribution is -2.56. The summed E-state index contributed by atoms with van der Waals surface area (Å²) in [7, 11) is 0. The molecule has 0 aromatic heterocycles. The molecule has 2 aliphatic rings. The van der Waals surface area contributed by atoms with Crippen LogP contribution in [0.4, 0.5) is 0 Å². The summed E-state index contributed by atoms with van der Waals surface area (Å²) >= 11 is 0. The zero-order valence-corrected chi connectivity index (χ0v) is 24.0. The fourth-order valence-electron chi connectivity index (χ4n) is 5.81. The summed E-state index contributed by atoms with van der Waals surface area (Å²) in [5, 5.41) is 6.47. The van der Waals surface area contributed by atoms with Crippen molar-refractivity contribution in [1.82, 2.24) is 15.5 Å². The highest BCUT2D eigenvalue weighted by molar-refractivity contribution is 5.90. The summed E-state index contributed by atoms with van der Waals surface area (Å²) in [4.78, 5) is 29.8. The van der Waals surface area contributed by atoms with Gasteiger partial charge in [0.2, 0.25) is 11.8 Å². The topological polar surface area (TPSA) is 70.7 Å². The Balaban J connectivity index is 1.73. The van der Waals surface area contributed by atoms with E-state index in [9.17, 15) is 9.59 Å². The Morgan fingerprint density at radius 2 is 1.59 bits per heavy atom. The summed E-state index contributed by atoms with van der Waals surface area (Å²) < 4.78 is 5.98. The molecule has 0 unspecified atom stereocenters. The minimum absolute atomic E-state index is 0.0269. The predicted octanol–water partition coefficient (Wildman–Crippen LogP) is 5.23. The van der Waals surface area contributed by atoms with Crippen molar-refractivity contribution in [2.24, 2.45) is 17.3 Å². The smallest absolute Gasteiger partial charge is 0.242 e. The van der Waals surface area contributed by atoms with E-state index in [2.05, 4.69) is 74.4 Å². The number of piperidine rings is 1. The number of ether oxygens (including phenoxy) is 1. The van der Waals surface area contributed by atoms with E-state index in [-0.39, 0.29) is 17.9 Å². The lowest BCUT2D eigenvalue weighted by atomic mass is 9.73. The Hall–Kier alpha value is -1.92. The fourth-order valence-corrected chi connectivity index (χ4v) is 5.81. The number of rotatable bonds is 6. The molecule has 2 aliphatic heterocycles. The maximum absolute atomic E-state index is 13.9. The second kappa shape index (κ2) is 14.3. The molecule has 37 heavy (non-hydrogen) atoms. The molecule has 0 bridgehead atoms. The first-order chi connectivity index (χ1) is 17.7. The number of aryl methyl sites for hydroxylation is 1. The van der Waals surface area contributed by atoms with Crippen molar-refractivity contribution in [3.63, 3.8) is 0 Å². The van der Waals surface area contributed by atoms with Crippen LogP contribution in [-0.2, 0) is 20.9 Å². The van der Waals surface area contributed by atoms with Crippen molar-refractivity contribution in [3.05, 3.63) is 35.4 Å². The quantitative estimate of drug-likeness (QED) is 0.547. The molecule has 6 heteroatoms. The van der Waals surface area contributed by atoms with Crippen LogP contribution < -0.4 is 10.6 Å². The second-order valence-electron chi connectivity index (χ2n) is 12.4. The molecule has 1 aromatic carbocycles. The predicted molar refractivity (Wildman–Crippen MR) is 150 cm³/mol. The van der Waals surface area contributed by atoms with Gasteiger partial charge in [0.25, 0.3) is 0 Å². The third-order valence-corrected chi connectivity index (χ3v) is 8.02. The Morgan fingerprint density at radius 1 is 0.919 bits per heavy atom. The number of carbonyl (C=O) groups excluding carboxylic acids is 2. The van der Waals surface area contributed by atoms with Gasteiger partial charge in [-0.15, -0.1) is 0 Å². The van der Waals surface area contributed by atoms with E-state index < -0.39 is 11.5 Å². The molecule has 1 aromatic rings. The van der Waals surface area contributed by atoms with Gasteiger partial charge in [0.15, 0.2) is 0 Å². The van der Waals surface area contributed by atoms with Crippen LogP contribution in [0.1, 0.15) is 90.2 Å². The van der Waals surface area contributed by atoms with Crippen LogP contribution in [0.5, 0.6) is 0 Å². The van der Waals surface area contributed by atoms with Crippen LogP contribution in [-0.4, -0.2) is 55.1 Å². The van der Waals surface area contributed by atoms with Gasteiger partial charge < -0.3 is 15.4 Å². The van der Waals surface area contributed by atoms with Crippen molar-refractivity contribution >= 4 is 11.8 Å². The molecular formula is C31H51N3O3. The Morgan fingerprint density at radius 3 is 2.24 bits per heavy atom. The van der Waals surface area contributed by atoms with Crippen molar-refractivity contribution in [2.45, 2.75) is 105 Å². The first-order valence-electron chi connectivity index (χ1n) is 14.6. The molecular weight excluding hydrogens is 462 g/mol. The molecule has 2 heterocycles. The number of hydrogen-bond acceptors (Lipinski definition) is 4. The maximum atomic E-state index is 13.9. The van der Waals surface area contributed by atoms with Gasteiger partial charge in [0.05, 0.1) is 18.1 Å². The number of nitrogens with one attached hydrogen (secondary N) is 2. The molecule has 2 saturated heterocycles. The standard InChI is InChI=1S/C31H51N3O3/c1-23(2)19-27-22-37-18-8-6-7-13-31(30(36)33-28(20-24(3)4)29(35)32-27)14-16-34(17-15-31)21-26-11-9-25(5)10-12-26/h9-12,23-24,27-28H,6-8,13-22H2,1-5H3,(H,32,35)(H,33,36)/t27-,28-/m0/s1. The molecule has 3 rings (SSSR count). The van der Waals surface area contributed by atoms with E-state index in [1.54, 1.807) is 0 Å². The zero-order valence-electron chi connectivity index (χ0n) is 24.0. The van der Waals surface area contributed by atoms with Crippen LogP contribution in [0.25, 0.3) is 0 Å². The van der Waals surface area contributed by atoms with Gasteiger partial charge >= 0.3 is 0 Å². The summed E-state index contributed by atoms with van der Waals surface area (Å²) in [6.45, 7) is 14.6. The number of nitrogens with zero attached hydrogens (tertiary/aromatic N) is 1. The van der Waals surface area contributed by atoms with Gasteiger partial charge in [-0.3, -0.25) is 14.5 Å². The van der Waals surface area contributed by atoms with Gasteiger partial charge in [-0.05, 0) is 75.9 Å². The molecule has 0 aliphatic carbocycles. The van der Waals surface area contributed by atoms with Crippen LogP contribution in [0.15, 0.2) is 24.3 Å². The molecule has 2 fully saturated rings. The lowest BCUT2D eigenvalue weighted by molar-refractivity contribution is -0.139. The number of carbonyl (C=O) groups is 2. The van der Waals surface area contributed by atoms with Gasteiger partial charge in [0.1, 0.15) is 6.04 Å². The number of amides is 2. The number of likely N-dealkylation sites (tertiary alicyclic amines) is 1. The Bertz CT molecular complexity index is 844. The summed E-state index contributed by atoms with van der Waals surface area (Å²) in [6, 6.07) is 8.21. The molecule has 1 spiro atoms. The lowest BCUT2D eigenvalue weighted by Gasteiger charge is -2.42. The molecule has 2 N–H and O–H groups in total. The van der Waals surface area contributed by atoms with Crippen molar-refractivity contribution in [1.29, 1.82) is 0 Å². The van der Waals surface area contributed by atoms with Crippen molar-refractivity contribution in [2.75, 3.05) is 26.3 Å². The molecule has 208 valence electrons. The third-order valence-electron chi connectivity index (χ3n) is 8.02. The highest BCUT2D eigenvalue weighted by atomic mass is 16.5. The van der Waals surface area contributed by atoms with E-state index >= 15 is 0 Å². The largest absolute Gasteiger partial charge is 0.379 e. The first-order valence-corrected chi connectivity index (χ1v) is 14.6. The minimum Gasteiger partial charge on any atom is -0.379 e. The summed E-state index contributed by atoms with van der Waals surface area (Å²) in [5.74, 6) is 0.777. The average molecular weight is 514 g/mol. The molecule has 0 saturated carbocycles. The van der Waals surface area contributed by atoms with Crippen molar-refractivity contribution < 1.29 is 14.3 Å². The number of hydrogen-bond donors (Lipinski definition) is 2. The van der Waals surface area contributed by atoms with Crippen LogP contribution in [0.2, 0.25) is 0 Å². The highest BCUT2D eigenvalue weighted by Crippen LogP contribution is 2.38. The third kappa shape index (κ3) is 9.40. The monoisotopic (exact) mass is 513 g/mol. The molecule has 2 atom stereocenters. The second-order valence-corrected chi connectivity index (χ2v) is 12.4. The summed E-state index contributed by atoms with van der Waals surface area (Å²) in [6.07, 6.45) is 7.15. The van der Waals surface area contributed by atoms with E-state index in [1.165, 1.54) is 11.1 Å². The van der Waals surface area contributed by atoms with Crippen LogP contribution in [0.3, 0.4) is 0 Å². The first kappa shape index (κ1) is 29.6. The molecule has 6 nitrogen and oxygen atoms in total. The average Bonchev–Trinajstić information content (AvgIpc) is 2.84.